The highest BCUT2D eigenvalue weighted by Gasteiger charge is 2.31. The number of carbonyl (C=O) groups is 1. The number of nitro benzene ring substituents is 2. The number of non-ortho nitro benzene ring substituents is 1. The molecular weight excluding hydrogens is 488 g/mol. The SMILES string of the molecule is CCCCCCCCCCCCOC(=O)N1CCN([N+](=O)NOc2ccc([N+](=O)[O-])cc2[N+](=O)[O-])CC1. The summed E-state index contributed by atoms with van der Waals surface area (Å²) in [5, 5.41) is 23.3. The second-order valence-electron chi connectivity index (χ2n) is 8.87. The molecule has 2 rings (SSSR count). The summed E-state index contributed by atoms with van der Waals surface area (Å²) < 4.78 is 5.34. The zero-order valence-electron chi connectivity index (χ0n) is 21.3. The second-order valence-corrected chi connectivity index (χ2v) is 8.87. The van der Waals surface area contributed by atoms with Crippen molar-refractivity contribution in [1.29, 1.82) is 0 Å². The van der Waals surface area contributed by atoms with Crippen LogP contribution in [0.25, 0.3) is 0 Å². The summed E-state index contributed by atoms with van der Waals surface area (Å²) >= 11 is 0. The summed E-state index contributed by atoms with van der Waals surface area (Å²) in [6.45, 7) is 3.48. The van der Waals surface area contributed by atoms with Gasteiger partial charge in [0.2, 0.25) is 5.75 Å². The summed E-state index contributed by atoms with van der Waals surface area (Å²) in [6.07, 6.45) is 11.6. The van der Waals surface area contributed by atoms with Crippen LogP contribution in [0.1, 0.15) is 71.1 Å². The van der Waals surface area contributed by atoms with E-state index in [0.717, 1.165) is 37.5 Å². The van der Waals surface area contributed by atoms with Crippen molar-refractivity contribution in [2.24, 2.45) is 0 Å². The number of carbonyl (C=O) groups excluding carboxylic acids is 1. The van der Waals surface area contributed by atoms with Gasteiger partial charge < -0.3 is 14.5 Å². The lowest BCUT2D eigenvalue weighted by Gasteiger charge is -2.28. The van der Waals surface area contributed by atoms with Gasteiger partial charge in [-0.2, -0.15) is 0 Å². The van der Waals surface area contributed by atoms with E-state index in [4.69, 9.17) is 9.57 Å². The van der Waals surface area contributed by atoms with E-state index in [9.17, 15) is 29.9 Å². The lowest BCUT2D eigenvalue weighted by atomic mass is 10.1. The average molecular weight is 526 g/mol. The monoisotopic (exact) mass is 525 g/mol. The molecular formula is C23H37N6O8+. The Kier molecular flexibility index (Phi) is 12.9. The predicted molar refractivity (Wildman–Crippen MR) is 133 cm³/mol. The number of unbranched alkanes of at least 4 members (excludes halogenated alkanes) is 9. The van der Waals surface area contributed by atoms with E-state index >= 15 is 0 Å². The molecule has 0 spiro atoms. The van der Waals surface area contributed by atoms with Crippen molar-refractivity contribution in [2.75, 3.05) is 32.8 Å². The van der Waals surface area contributed by atoms with E-state index in [1.807, 2.05) is 5.59 Å². The van der Waals surface area contributed by atoms with Crippen LogP contribution >= 0.6 is 0 Å². The van der Waals surface area contributed by atoms with Crippen molar-refractivity contribution in [3.63, 3.8) is 0 Å². The van der Waals surface area contributed by atoms with Crippen LogP contribution in [0.4, 0.5) is 16.2 Å². The van der Waals surface area contributed by atoms with Crippen LogP contribution in [0, 0.1) is 25.1 Å². The van der Waals surface area contributed by atoms with Gasteiger partial charge in [-0.1, -0.05) is 64.7 Å². The number of ether oxygens (including phenoxy) is 1. The molecule has 0 unspecified atom stereocenters. The fourth-order valence-corrected chi connectivity index (χ4v) is 3.89. The van der Waals surface area contributed by atoms with Crippen LogP contribution in [-0.4, -0.2) is 63.6 Å². The molecule has 0 aromatic heterocycles. The second kappa shape index (κ2) is 16.1. The van der Waals surface area contributed by atoms with Crippen LogP contribution in [0.3, 0.4) is 0 Å². The van der Waals surface area contributed by atoms with Crippen molar-refractivity contribution < 1.29 is 29.2 Å². The molecule has 1 aliphatic rings. The molecule has 1 aromatic rings. The van der Waals surface area contributed by atoms with E-state index in [2.05, 4.69) is 6.92 Å². The number of nitrogens with zero attached hydrogens (tertiary/aromatic N) is 5. The molecule has 37 heavy (non-hydrogen) atoms. The van der Waals surface area contributed by atoms with Gasteiger partial charge in [0, 0.05) is 19.2 Å². The van der Waals surface area contributed by atoms with Gasteiger partial charge >= 0.3 is 11.8 Å². The number of benzene rings is 1. The highest BCUT2D eigenvalue weighted by Crippen LogP contribution is 2.30. The molecule has 1 saturated heterocycles. The van der Waals surface area contributed by atoms with Gasteiger partial charge in [0.15, 0.2) is 0 Å². The number of rotatable bonds is 17. The van der Waals surface area contributed by atoms with Gasteiger partial charge in [-0.05, 0) is 12.5 Å². The average Bonchev–Trinajstić information content (AvgIpc) is 2.90. The molecule has 0 saturated carbocycles. The smallest absolute Gasteiger partial charge is 0.409 e. The molecule has 1 aromatic carbocycles. The number of nitroso groups, excluding NO2 is 1. The van der Waals surface area contributed by atoms with E-state index in [-0.39, 0.29) is 36.9 Å². The maximum Gasteiger partial charge on any atom is 0.409 e. The van der Waals surface area contributed by atoms with Crippen LogP contribution in [0.15, 0.2) is 18.2 Å². The third-order valence-electron chi connectivity index (χ3n) is 6.08. The van der Waals surface area contributed by atoms with Gasteiger partial charge in [-0.25, -0.2) is 4.79 Å². The van der Waals surface area contributed by atoms with Crippen molar-refractivity contribution in [3.8, 4) is 5.75 Å². The Labute approximate surface area is 215 Å². The first-order valence-electron chi connectivity index (χ1n) is 12.8. The van der Waals surface area contributed by atoms with Crippen molar-refractivity contribution in [3.05, 3.63) is 43.3 Å². The van der Waals surface area contributed by atoms with Crippen molar-refractivity contribution in [2.45, 2.75) is 71.1 Å². The Morgan fingerprint density at radius 1 is 0.892 bits per heavy atom. The number of piperazine rings is 1. The molecule has 1 fully saturated rings. The number of amides is 1. The molecule has 14 heteroatoms. The molecule has 0 atom stereocenters. The molecule has 0 radical (unpaired) electrons. The first-order chi connectivity index (χ1) is 17.8. The molecule has 14 nitrogen and oxygen atoms in total. The number of hydrogen-bond acceptors (Lipinski definition) is 8. The predicted octanol–water partition coefficient (Wildman–Crippen LogP) is 4.67. The quantitative estimate of drug-likeness (QED) is 0.131. The number of nitrogens with one attached hydrogen (secondary N) is 1. The minimum atomic E-state index is -0.848. The topological polar surface area (TPSA) is 160 Å². The fourth-order valence-electron chi connectivity index (χ4n) is 3.89. The van der Waals surface area contributed by atoms with Crippen LogP contribution in [0.2, 0.25) is 0 Å². The zero-order chi connectivity index (χ0) is 27.0. The van der Waals surface area contributed by atoms with Gasteiger partial charge in [0.1, 0.15) is 0 Å². The molecule has 1 amide bonds. The van der Waals surface area contributed by atoms with Crippen molar-refractivity contribution >= 4 is 17.5 Å². The summed E-state index contributed by atoms with van der Waals surface area (Å²) in [5.74, 6) is -0.356. The standard InChI is InChI=1S/C23H37N6O8/c1-2-3-4-5-6-7-8-9-10-11-18-36-23(30)25-14-16-26(17-15-25)29(35)24-37-22-13-12-20(27(31)32)19-21(22)28(33)34/h12-13,19H,2-11,14-18H2,1H3,(H,24,35)/q+1. The van der Waals surface area contributed by atoms with Gasteiger partial charge in [-0.3, -0.25) is 20.2 Å². The van der Waals surface area contributed by atoms with Crippen LogP contribution in [-0.2, 0) is 4.74 Å². The zero-order valence-corrected chi connectivity index (χ0v) is 21.3. The normalized spacial score (nSPS) is 13.2. The maximum atomic E-state index is 12.3. The van der Waals surface area contributed by atoms with Gasteiger partial charge in [0.05, 0.1) is 46.1 Å². The number of hydrazine groups is 2. The highest BCUT2D eigenvalue weighted by atomic mass is 16.7. The van der Waals surface area contributed by atoms with Crippen molar-refractivity contribution in [1.82, 2.24) is 15.5 Å². The summed E-state index contributed by atoms with van der Waals surface area (Å²) in [4.78, 5) is 51.7. The first-order valence-corrected chi connectivity index (χ1v) is 12.8. The Hall–Kier alpha value is -3.71. The Morgan fingerprint density at radius 2 is 1.49 bits per heavy atom. The molecule has 0 aliphatic carbocycles. The minimum absolute atomic E-state index is 0.190. The number of nitro groups is 2. The van der Waals surface area contributed by atoms with Crippen LogP contribution in [0.5, 0.6) is 5.75 Å². The third-order valence-corrected chi connectivity index (χ3v) is 6.08. The Balaban J connectivity index is 1.61. The highest BCUT2D eigenvalue weighted by molar-refractivity contribution is 5.67. The summed E-state index contributed by atoms with van der Waals surface area (Å²) in [6, 6.07) is 2.80. The summed E-state index contributed by atoms with van der Waals surface area (Å²) in [7, 11) is 0. The molecule has 1 heterocycles. The number of hydrogen-bond donors (Lipinski definition) is 1. The lowest BCUT2D eigenvalue weighted by molar-refractivity contribution is -0.782. The lowest BCUT2D eigenvalue weighted by Crippen LogP contribution is -2.54. The van der Waals surface area contributed by atoms with E-state index in [0.29, 0.717) is 6.61 Å². The van der Waals surface area contributed by atoms with E-state index in [1.165, 1.54) is 54.9 Å². The van der Waals surface area contributed by atoms with E-state index in [1.54, 1.807) is 0 Å². The molecule has 1 N–H and O–H groups in total. The largest absolute Gasteiger partial charge is 0.449 e. The third kappa shape index (κ3) is 10.4. The first kappa shape index (κ1) is 29.5. The molecule has 206 valence electrons. The minimum Gasteiger partial charge on any atom is -0.449 e. The molecule has 0 bridgehead atoms. The van der Waals surface area contributed by atoms with Crippen LogP contribution < -0.4 is 10.4 Å². The fraction of sp³-hybridized carbons (Fsp3) is 0.696. The van der Waals surface area contributed by atoms with Gasteiger partial charge in [-0.15, -0.1) is 5.01 Å². The molecule has 1 aliphatic heterocycles. The Morgan fingerprint density at radius 3 is 2.05 bits per heavy atom. The van der Waals surface area contributed by atoms with Gasteiger partial charge in [0.25, 0.3) is 10.7 Å². The maximum absolute atomic E-state index is 12.3. The summed E-state index contributed by atoms with van der Waals surface area (Å²) in [5.41, 5.74) is 0.887. The van der Waals surface area contributed by atoms with E-state index < -0.39 is 27.3 Å². The Bertz CT molecular complexity index is 907.